The van der Waals surface area contributed by atoms with Crippen molar-refractivity contribution < 1.29 is 9.53 Å². The number of carbonyl (C=O) groups is 1. The average molecular weight is 472 g/mol. The van der Waals surface area contributed by atoms with Gasteiger partial charge in [-0.05, 0) is 57.9 Å². The maximum Gasteiger partial charge on any atom is 0.161 e. The summed E-state index contributed by atoms with van der Waals surface area (Å²) in [6.07, 6.45) is 4.15. The van der Waals surface area contributed by atoms with Gasteiger partial charge < -0.3 is 9.64 Å². The molecule has 182 valence electrons. The number of aromatic nitrogens is 4. The largest absolute Gasteiger partial charge is 0.370 e. The van der Waals surface area contributed by atoms with Gasteiger partial charge in [0.25, 0.3) is 0 Å². The summed E-state index contributed by atoms with van der Waals surface area (Å²) in [5, 5.41) is 10.7. The highest BCUT2D eigenvalue weighted by Crippen LogP contribution is 2.33. The van der Waals surface area contributed by atoms with Gasteiger partial charge in [0.05, 0.1) is 41.1 Å². The fraction of sp³-hybridized carbons (Fsp3) is 0.393. The number of fused-ring (bicyclic) bond motifs is 1. The fourth-order valence-electron chi connectivity index (χ4n) is 4.33. The van der Waals surface area contributed by atoms with Gasteiger partial charge in [-0.1, -0.05) is 31.2 Å². The van der Waals surface area contributed by atoms with Crippen LogP contribution in [0.1, 0.15) is 46.2 Å². The number of anilines is 1. The summed E-state index contributed by atoms with van der Waals surface area (Å²) < 4.78 is 10.1. The summed E-state index contributed by atoms with van der Waals surface area (Å²) in [7, 11) is 0. The fourth-order valence-corrected chi connectivity index (χ4v) is 4.33. The van der Waals surface area contributed by atoms with Crippen molar-refractivity contribution in [3.8, 4) is 16.9 Å². The van der Waals surface area contributed by atoms with Gasteiger partial charge in [0.15, 0.2) is 5.78 Å². The van der Waals surface area contributed by atoms with Crippen LogP contribution in [0.2, 0.25) is 0 Å². The second-order valence-electron chi connectivity index (χ2n) is 9.76. The molecule has 0 bridgehead atoms. The van der Waals surface area contributed by atoms with E-state index >= 15 is 0 Å². The zero-order valence-corrected chi connectivity index (χ0v) is 21.0. The molecule has 0 radical (unpaired) electrons. The Morgan fingerprint density at radius 3 is 2.54 bits per heavy atom. The van der Waals surface area contributed by atoms with Crippen molar-refractivity contribution in [2.75, 3.05) is 18.0 Å². The van der Waals surface area contributed by atoms with E-state index < -0.39 is 5.60 Å². The van der Waals surface area contributed by atoms with E-state index in [1.165, 1.54) is 12.1 Å². The minimum absolute atomic E-state index is 0.00470. The Bertz CT molecular complexity index is 1360. The van der Waals surface area contributed by atoms with Crippen LogP contribution in [0.15, 0.2) is 54.7 Å². The molecule has 2 aromatic heterocycles. The first-order chi connectivity index (χ1) is 16.9. The maximum atomic E-state index is 12.0. The molecule has 0 amide bonds. The first-order valence-corrected chi connectivity index (χ1v) is 12.4. The Morgan fingerprint density at radius 1 is 1.09 bits per heavy atom. The molecule has 0 spiro atoms. The molecule has 5 rings (SSSR count). The van der Waals surface area contributed by atoms with E-state index in [0.29, 0.717) is 0 Å². The van der Waals surface area contributed by atoms with Crippen molar-refractivity contribution in [2.45, 2.75) is 59.3 Å². The molecule has 35 heavy (non-hydrogen) atoms. The Morgan fingerprint density at radius 2 is 1.86 bits per heavy atom. The number of hydrogen-bond acceptors (Lipinski definition) is 5. The van der Waals surface area contributed by atoms with Gasteiger partial charge in [-0.3, -0.25) is 9.48 Å². The van der Waals surface area contributed by atoms with E-state index in [2.05, 4.69) is 70.1 Å². The monoisotopic (exact) mass is 471 g/mol. The van der Waals surface area contributed by atoms with Crippen LogP contribution in [-0.2, 0) is 22.7 Å². The lowest BCUT2D eigenvalue weighted by atomic mass is 10.1. The SMILES string of the molecule is CCCn1ncc2ccc(-c3cc(COC(C)(C)C(C)=O)nn3-c3ccccc3N3CCC3)cc21. The summed E-state index contributed by atoms with van der Waals surface area (Å²) in [6.45, 7) is 10.6. The molecule has 7 nitrogen and oxygen atoms in total. The van der Waals surface area contributed by atoms with E-state index in [4.69, 9.17) is 9.84 Å². The summed E-state index contributed by atoms with van der Waals surface area (Å²) in [5.74, 6) is -0.00470. The number of Topliss-reactive ketones (excluding diaryl/α,β-unsaturated/α-hetero) is 1. The van der Waals surface area contributed by atoms with E-state index in [1.54, 1.807) is 20.8 Å². The highest BCUT2D eigenvalue weighted by atomic mass is 16.5. The molecule has 3 heterocycles. The summed E-state index contributed by atoms with van der Waals surface area (Å²) >= 11 is 0. The molecule has 7 heteroatoms. The molecule has 0 aliphatic carbocycles. The van der Waals surface area contributed by atoms with Crippen LogP contribution in [-0.4, -0.2) is 44.0 Å². The number of hydrogen-bond donors (Lipinski definition) is 0. The molecule has 1 aliphatic heterocycles. The average Bonchev–Trinajstić information content (AvgIpc) is 3.41. The maximum absolute atomic E-state index is 12.0. The van der Waals surface area contributed by atoms with Gasteiger partial charge in [-0.25, -0.2) is 4.68 Å². The van der Waals surface area contributed by atoms with Gasteiger partial charge in [-0.2, -0.15) is 10.2 Å². The number of para-hydroxylation sites is 2. The predicted molar refractivity (Wildman–Crippen MR) is 139 cm³/mol. The van der Waals surface area contributed by atoms with Gasteiger partial charge >= 0.3 is 0 Å². The lowest BCUT2D eigenvalue weighted by Crippen LogP contribution is -2.37. The molecule has 1 aliphatic rings. The zero-order valence-electron chi connectivity index (χ0n) is 21.0. The Balaban J connectivity index is 1.61. The predicted octanol–water partition coefficient (Wildman–Crippen LogP) is 5.39. The third-order valence-electron chi connectivity index (χ3n) is 6.87. The normalized spacial score (nSPS) is 13.9. The molecule has 0 unspecified atom stereocenters. The lowest BCUT2D eigenvalue weighted by Gasteiger charge is -2.34. The first kappa shape index (κ1) is 23.3. The minimum Gasteiger partial charge on any atom is -0.370 e. The number of ether oxygens (including phenoxy) is 1. The Kier molecular flexibility index (Phi) is 6.19. The highest BCUT2D eigenvalue weighted by molar-refractivity contribution is 5.85. The number of benzene rings is 2. The third kappa shape index (κ3) is 4.48. The van der Waals surface area contributed by atoms with Crippen molar-refractivity contribution in [2.24, 2.45) is 0 Å². The molecule has 0 atom stereocenters. The van der Waals surface area contributed by atoms with Crippen molar-refractivity contribution in [3.63, 3.8) is 0 Å². The molecule has 4 aromatic rings. The van der Waals surface area contributed by atoms with E-state index in [9.17, 15) is 4.79 Å². The smallest absolute Gasteiger partial charge is 0.161 e. The van der Waals surface area contributed by atoms with Crippen molar-refractivity contribution in [1.29, 1.82) is 0 Å². The molecule has 1 fully saturated rings. The van der Waals surface area contributed by atoms with Crippen molar-refractivity contribution in [1.82, 2.24) is 19.6 Å². The molecule has 0 saturated carbocycles. The van der Waals surface area contributed by atoms with Crippen LogP contribution in [0.5, 0.6) is 0 Å². The minimum atomic E-state index is -0.856. The van der Waals surface area contributed by atoms with Crippen LogP contribution in [0.25, 0.3) is 27.8 Å². The quantitative estimate of drug-likeness (QED) is 0.327. The second-order valence-corrected chi connectivity index (χ2v) is 9.76. The first-order valence-electron chi connectivity index (χ1n) is 12.4. The van der Waals surface area contributed by atoms with Crippen molar-refractivity contribution in [3.05, 3.63) is 60.4 Å². The van der Waals surface area contributed by atoms with Crippen molar-refractivity contribution >= 4 is 22.4 Å². The molecule has 0 N–H and O–H groups in total. The molecule has 1 saturated heterocycles. The topological polar surface area (TPSA) is 65.2 Å². The zero-order chi connectivity index (χ0) is 24.6. The van der Waals surface area contributed by atoms with Crippen LogP contribution in [0, 0.1) is 0 Å². The van der Waals surface area contributed by atoms with Crippen LogP contribution < -0.4 is 4.90 Å². The van der Waals surface area contributed by atoms with Crippen LogP contribution in [0.3, 0.4) is 0 Å². The summed E-state index contributed by atoms with van der Waals surface area (Å²) in [5.41, 5.74) is 5.32. The van der Waals surface area contributed by atoms with E-state index in [0.717, 1.165) is 59.6 Å². The van der Waals surface area contributed by atoms with E-state index in [1.807, 2.05) is 10.9 Å². The van der Waals surface area contributed by atoms with Gasteiger partial charge in [0.1, 0.15) is 5.60 Å². The number of carbonyl (C=O) groups excluding carboxylic acids is 1. The van der Waals surface area contributed by atoms with E-state index in [-0.39, 0.29) is 12.4 Å². The van der Waals surface area contributed by atoms with Gasteiger partial charge in [0, 0.05) is 30.6 Å². The number of rotatable bonds is 9. The highest BCUT2D eigenvalue weighted by Gasteiger charge is 2.26. The molecule has 2 aromatic carbocycles. The third-order valence-corrected chi connectivity index (χ3v) is 6.87. The van der Waals surface area contributed by atoms with Gasteiger partial charge in [-0.15, -0.1) is 0 Å². The number of nitrogens with zero attached hydrogens (tertiary/aromatic N) is 5. The van der Waals surface area contributed by atoms with Gasteiger partial charge in [0.2, 0.25) is 0 Å². The van der Waals surface area contributed by atoms with Crippen LogP contribution in [0.4, 0.5) is 5.69 Å². The standard InChI is InChI=1S/C28H33N5O2/c1-5-13-32-26-16-21(11-12-22(26)18-29-32)27-17-23(19-35-28(3,4)20(2)34)30-33(27)25-10-7-6-9-24(25)31-14-8-15-31/h6-7,9-12,16-18H,5,8,13-15,19H2,1-4H3. The lowest BCUT2D eigenvalue weighted by molar-refractivity contribution is -0.139. The Hall–Kier alpha value is -3.45. The van der Waals surface area contributed by atoms with Crippen LogP contribution >= 0.6 is 0 Å². The number of ketones is 1. The second kappa shape index (κ2) is 9.30. The Labute approximate surface area is 206 Å². The summed E-state index contributed by atoms with van der Waals surface area (Å²) in [4.78, 5) is 14.4. The molecular formula is C28H33N5O2. The molecular weight excluding hydrogens is 438 g/mol. The summed E-state index contributed by atoms with van der Waals surface area (Å²) in [6, 6.07) is 16.9. The number of aryl methyl sites for hydroxylation is 1.